The first-order valence-electron chi connectivity index (χ1n) is 7.54. The van der Waals surface area contributed by atoms with E-state index >= 15 is 0 Å². The molecule has 4 nitrogen and oxygen atoms in total. The zero-order chi connectivity index (χ0) is 13.7. The van der Waals surface area contributed by atoms with Gasteiger partial charge in [-0.2, -0.15) is 5.10 Å². The van der Waals surface area contributed by atoms with E-state index in [1.807, 2.05) is 11.7 Å². The average Bonchev–Trinajstić information content (AvgIpc) is 3.02. The van der Waals surface area contributed by atoms with Gasteiger partial charge < -0.3 is 0 Å². The lowest BCUT2D eigenvalue weighted by atomic mass is 9.68. The minimum absolute atomic E-state index is 0.182. The highest BCUT2D eigenvalue weighted by Gasteiger charge is 2.42. The fourth-order valence-corrected chi connectivity index (χ4v) is 4.01. The summed E-state index contributed by atoms with van der Waals surface area (Å²) in [7, 11) is 1.96. The smallest absolute Gasteiger partial charge is 0.157 e. The van der Waals surface area contributed by atoms with Crippen molar-refractivity contribution in [3.05, 3.63) is 23.5 Å². The maximum absolute atomic E-state index is 4.78. The molecule has 0 spiro atoms. The summed E-state index contributed by atoms with van der Waals surface area (Å²) in [5.74, 6) is 0. The number of aryl methyl sites for hydroxylation is 2. The second-order valence-electron chi connectivity index (χ2n) is 6.17. The Morgan fingerprint density at radius 2 is 2.15 bits per heavy atom. The lowest BCUT2D eigenvalue weighted by molar-refractivity contribution is 0.456. The van der Waals surface area contributed by atoms with Gasteiger partial charge in [0.15, 0.2) is 5.65 Å². The molecule has 0 N–H and O–H groups in total. The van der Waals surface area contributed by atoms with Crippen LogP contribution in [0, 0.1) is 6.92 Å². The maximum atomic E-state index is 4.78. The number of rotatable bonds is 1. The molecule has 0 radical (unpaired) electrons. The summed E-state index contributed by atoms with van der Waals surface area (Å²) in [5, 5.41) is 5.67. The summed E-state index contributed by atoms with van der Waals surface area (Å²) in [6.45, 7) is 3.05. The van der Waals surface area contributed by atoms with Crippen molar-refractivity contribution in [3.8, 4) is 0 Å². The largest absolute Gasteiger partial charge is 0.293 e. The molecule has 0 bridgehead atoms. The van der Waals surface area contributed by atoms with Crippen LogP contribution in [0.4, 0.5) is 0 Å². The van der Waals surface area contributed by atoms with E-state index in [9.17, 15) is 0 Å². The summed E-state index contributed by atoms with van der Waals surface area (Å²) in [6.07, 6.45) is 8.23. The second kappa shape index (κ2) is 4.14. The molecule has 1 saturated carbocycles. The van der Waals surface area contributed by atoms with E-state index < -0.39 is 0 Å². The van der Waals surface area contributed by atoms with Crippen molar-refractivity contribution in [1.29, 1.82) is 0 Å². The van der Waals surface area contributed by atoms with Crippen LogP contribution >= 0.6 is 0 Å². The van der Waals surface area contributed by atoms with Gasteiger partial charge >= 0.3 is 0 Å². The van der Waals surface area contributed by atoms with Crippen LogP contribution in [0.2, 0.25) is 0 Å². The third-order valence-electron chi connectivity index (χ3n) is 5.08. The molecule has 3 heterocycles. The number of nitrogens with zero attached hydrogens (tertiary/aromatic N) is 4. The van der Waals surface area contributed by atoms with Crippen molar-refractivity contribution in [2.45, 2.75) is 44.4 Å². The molecule has 104 valence electrons. The van der Waals surface area contributed by atoms with Crippen molar-refractivity contribution in [3.63, 3.8) is 0 Å². The van der Waals surface area contributed by atoms with Crippen LogP contribution < -0.4 is 0 Å². The number of fused-ring (bicyclic) bond motifs is 2. The summed E-state index contributed by atoms with van der Waals surface area (Å²) >= 11 is 0. The molecule has 2 aromatic rings. The fraction of sp³-hybridized carbons (Fsp3) is 0.562. The molecule has 4 rings (SSSR count). The van der Waals surface area contributed by atoms with Gasteiger partial charge in [-0.25, -0.2) is 4.98 Å². The Balaban J connectivity index is 1.89. The van der Waals surface area contributed by atoms with Gasteiger partial charge in [0.1, 0.15) is 0 Å². The molecule has 1 fully saturated rings. The zero-order valence-electron chi connectivity index (χ0n) is 12.2. The third kappa shape index (κ3) is 1.51. The number of aromatic nitrogens is 3. The highest BCUT2D eigenvalue weighted by atomic mass is 15.3. The highest BCUT2D eigenvalue weighted by molar-refractivity contribution is 5.97. The lowest BCUT2D eigenvalue weighted by Crippen LogP contribution is -2.35. The van der Waals surface area contributed by atoms with Crippen molar-refractivity contribution in [2.75, 3.05) is 6.54 Å². The Bertz CT molecular complexity index is 713. The Kier molecular flexibility index (Phi) is 2.50. The Labute approximate surface area is 118 Å². The Hall–Kier alpha value is -1.71. The van der Waals surface area contributed by atoms with Crippen LogP contribution in [-0.2, 0) is 12.5 Å². The predicted molar refractivity (Wildman–Crippen MR) is 80.3 cm³/mol. The van der Waals surface area contributed by atoms with E-state index in [0.717, 1.165) is 24.3 Å². The van der Waals surface area contributed by atoms with E-state index in [1.54, 1.807) is 0 Å². The minimum Gasteiger partial charge on any atom is -0.293 e. The number of pyridine rings is 1. The van der Waals surface area contributed by atoms with Gasteiger partial charge in [0.25, 0.3) is 0 Å². The SMILES string of the molecule is Cc1nn(C)c2ncc(C34CCCCC3=NCC4)cc12. The summed E-state index contributed by atoms with van der Waals surface area (Å²) in [4.78, 5) is 9.46. The van der Waals surface area contributed by atoms with E-state index in [0.29, 0.717) is 0 Å². The first kappa shape index (κ1) is 12.1. The molecule has 4 heteroatoms. The van der Waals surface area contributed by atoms with Crippen molar-refractivity contribution in [1.82, 2.24) is 14.8 Å². The third-order valence-corrected chi connectivity index (χ3v) is 5.08. The molecule has 1 aliphatic heterocycles. The van der Waals surface area contributed by atoms with Gasteiger partial charge in [0.05, 0.1) is 5.69 Å². The number of hydrogen-bond donors (Lipinski definition) is 0. The van der Waals surface area contributed by atoms with Crippen molar-refractivity contribution in [2.24, 2.45) is 12.0 Å². The monoisotopic (exact) mass is 268 g/mol. The highest BCUT2D eigenvalue weighted by Crippen LogP contribution is 2.43. The second-order valence-corrected chi connectivity index (χ2v) is 6.17. The maximum Gasteiger partial charge on any atom is 0.157 e. The van der Waals surface area contributed by atoms with Crippen molar-refractivity contribution < 1.29 is 0 Å². The molecule has 1 aliphatic carbocycles. The van der Waals surface area contributed by atoms with E-state index in [2.05, 4.69) is 29.3 Å². The Morgan fingerprint density at radius 1 is 1.25 bits per heavy atom. The quantitative estimate of drug-likeness (QED) is 0.798. The first-order valence-corrected chi connectivity index (χ1v) is 7.54. The molecule has 2 aromatic heterocycles. The van der Waals surface area contributed by atoms with Gasteiger partial charge in [0, 0.05) is 36.3 Å². The lowest BCUT2D eigenvalue weighted by Gasteiger charge is -2.35. The molecule has 0 aromatic carbocycles. The first-order chi connectivity index (χ1) is 9.71. The van der Waals surface area contributed by atoms with Gasteiger partial charge in [-0.1, -0.05) is 6.42 Å². The van der Waals surface area contributed by atoms with Crippen LogP contribution in [0.1, 0.15) is 43.4 Å². The molecular weight excluding hydrogens is 248 g/mol. The average molecular weight is 268 g/mol. The van der Waals surface area contributed by atoms with E-state index in [4.69, 9.17) is 4.99 Å². The van der Waals surface area contributed by atoms with Crippen LogP contribution in [0.25, 0.3) is 11.0 Å². The molecular formula is C16H20N4. The Morgan fingerprint density at radius 3 is 3.05 bits per heavy atom. The van der Waals surface area contributed by atoms with Crippen molar-refractivity contribution >= 4 is 16.7 Å². The van der Waals surface area contributed by atoms with Crippen LogP contribution in [0.5, 0.6) is 0 Å². The summed E-state index contributed by atoms with van der Waals surface area (Å²) in [6, 6.07) is 2.32. The zero-order valence-corrected chi connectivity index (χ0v) is 12.2. The molecule has 20 heavy (non-hydrogen) atoms. The minimum atomic E-state index is 0.182. The topological polar surface area (TPSA) is 43.1 Å². The van der Waals surface area contributed by atoms with Gasteiger partial charge in [0.2, 0.25) is 0 Å². The van der Waals surface area contributed by atoms with E-state index in [-0.39, 0.29) is 5.41 Å². The summed E-state index contributed by atoms with van der Waals surface area (Å²) in [5.41, 5.74) is 5.01. The molecule has 1 unspecified atom stereocenters. The normalized spacial score (nSPS) is 25.8. The predicted octanol–water partition coefficient (Wildman–Crippen LogP) is 2.93. The van der Waals surface area contributed by atoms with Gasteiger partial charge in [-0.3, -0.25) is 9.67 Å². The van der Waals surface area contributed by atoms with Crippen LogP contribution in [-0.4, -0.2) is 27.0 Å². The van der Waals surface area contributed by atoms with Gasteiger partial charge in [-0.15, -0.1) is 0 Å². The van der Waals surface area contributed by atoms with Crippen LogP contribution in [0.15, 0.2) is 17.3 Å². The molecule has 1 atom stereocenters. The molecule has 2 aliphatic rings. The molecule has 0 saturated heterocycles. The van der Waals surface area contributed by atoms with E-state index in [1.165, 1.54) is 42.3 Å². The molecule has 0 amide bonds. The van der Waals surface area contributed by atoms with Gasteiger partial charge in [-0.05, 0) is 44.2 Å². The summed E-state index contributed by atoms with van der Waals surface area (Å²) < 4.78 is 1.87. The standard InChI is InChI=1S/C16H20N4/c1-11-13-9-12(10-18-15(13)20(2)19-11)16-6-4-3-5-14(16)17-8-7-16/h9-10H,3-8H2,1-2H3. The fourth-order valence-electron chi connectivity index (χ4n) is 4.01. The number of hydrogen-bond acceptors (Lipinski definition) is 3. The number of aliphatic imine (C=N–C) groups is 1. The van der Waals surface area contributed by atoms with Crippen LogP contribution in [0.3, 0.4) is 0 Å².